The molecule has 1 unspecified atom stereocenters. The largest absolute Gasteiger partial charge is 0.461 e. The Morgan fingerprint density at radius 1 is 1.41 bits per heavy atom. The van der Waals surface area contributed by atoms with E-state index >= 15 is 0 Å². The van der Waals surface area contributed by atoms with Crippen molar-refractivity contribution in [2.45, 2.75) is 13.3 Å². The predicted octanol–water partition coefficient (Wildman–Crippen LogP) is 0.950. The zero-order chi connectivity index (χ0) is 15.6. The monoisotopic (exact) mass is 300 g/mol. The van der Waals surface area contributed by atoms with E-state index in [1.165, 1.54) is 0 Å². The molecule has 7 nitrogen and oxygen atoms in total. The molecule has 0 bridgehead atoms. The number of aromatic nitrogens is 3. The van der Waals surface area contributed by atoms with Crippen molar-refractivity contribution in [3.8, 4) is 5.69 Å². The zero-order valence-electron chi connectivity index (χ0n) is 12.2. The Balaban J connectivity index is 1.62. The third-order valence-electron chi connectivity index (χ3n) is 3.64. The highest BCUT2D eigenvalue weighted by molar-refractivity contribution is 5.89. The molecule has 7 heteroatoms. The van der Waals surface area contributed by atoms with Gasteiger partial charge >= 0.3 is 5.97 Å². The Bertz CT molecular complexity index is 681. The van der Waals surface area contributed by atoms with Gasteiger partial charge in [0.05, 0.1) is 30.3 Å². The summed E-state index contributed by atoms with van der Waals surface area (Å²) in [5, 5.41) is 10.4. The molecule has 22 heavy (non-hydrogen) atoms. The molecule has 1 aromatic heterocycles. The van der Waals surface area contributed by atoms with Crippen LogP contribution in [0.15, 0.2) is 36.7 Å². The van der Waals surface area contributed by atoms with Gasteiger partial charge in [-0.1, -0.05) is 12.1 Å². The molecule has 2 heterocycles. The molecule has 1 amide bonds. The number of nitrogens with one attached hydrogen (secondary N) is 1. The minimum Gasteiger partial charge on any atom is -0.461 e. The van der Waals surface area contributed by atoms with Crippen molar-refractivity contribution in [2.75, 3.05) is 13.2 Å². The van der Waals surface area contributed by atoms with Gasteiger partial charge in [-0.3, -0.25) is 4.79 Å². The van der Waals surface area contributed by atoms with Crippen LogP contribution in [0.1, 0.15) is 23.7 Å². The lowest BCUT2D eigenvalue weighted by Crippen LogP contribution is -2.27. The van der Waals surface area contributed by atoms with Crippen LogP contribution in [-0.4, -0.2) is 40.0 Å². The normalized spacial score (nSPS) is 20.7. The highest BCUT2D eigenvalue weighted by Gasteiger charge is 2.35. The number of hydrogen-bond donors (Lipinski definition) is 1. The summed E-state index contributed by atoms with van der Waals surface area (Å²) in [6, 6.07) is 6.90. The maximum Gasteiger partial charge on any atom is 0.338 e. The zero-order valence-corrected chi connectivity index (χ0v) is 12.2. The number of rotatable bonds is 4. The Morgan fingerprint density at radius 3 is 2.77 bits per heavy atom. The van der Waals surface area contributed by atoms with E-state index in [1.807, 2.05) is 6.92 Å². The summed E-state index contributed by atoms with van der Waals surface area (Å²) in [6.45, 7) is 2.67. The van der Waals surface area contributed by atoms with Crippen molar-refractivity contribution in [1.82, 2.24) is 20.3 Å². The topological polar surface area (TPSA) is 86.1 Å². The van der Waals surface area contributed by atoms with Crippen LogP contribution in [0.25, 0.3) is 5.69 Å². The van der Waals surface area contributed by atoms with Crippen LogP contribution in [0.4, 0.5) is 0 Å². The van der Waals surface area contributed by atoms with E-state index < -0.39 is 5.97 Å². The fourth-order valence-corrected chi connectivity index (χ4v) is 2.35. The third-order valence-corrected chi connectivity index (χ3v) is 3.64. The molecule has 1 aliphatic rings. The van der Waals surface area contributed by atoms with Gasteiger partial charge in [0, 0.05) is 18.4 Å². The first-order chi connectivity index (χ1) is 10.6. The van der Waals surface area contributed by atoms with E-state index in [1.54, 1.807) is 41.3 Å². The highest BCUT2D eigenvalue weighted by Crippen LogP contribution is 2.25. The molecular formula is C15H16N4O3. The molecule has 1 fully saturated rings. The number of benzene rings is 1. The second kappa shape index (κ2) is 5.59. The van der Waals surface area contributed by atoms with E-state index in [9.17, 15) is 9.59 Å². The third kappa shape index (κ3) is 2.98. The minimum atomic E-state index is -0.397. The maximum atomic E-state index is 12.1. The van der Waals surface area contributed by atoms with E-state index in [0.29, 0.717) is 18.5 Å². The number of carbonyl (C=O) groups excluding carboxylic acids is 2. The number of amides is 1. The first-order valence-electron chi connectivity index (χ1n) is 6.96. The van der Waals surface area contributed by atoms with Crippen LogP contribution < -0.4 is 5.32 Å². The van der Waals surface area contributed by atoms with Crippen molar-refractivity contribution in [3.05, 3.63) is 42.2 Å². The predicted molar refractivity (Wildman–Crippen MR) is 77.4 cm³/mol. The van der Waals surface area contributed by atoms with Gasteiger partial charge in [-0.2, -0.15) is 0 Å². The fourth-order valence-electron chi connectivity index (χ4n) is 2.35. The molecule has 1 aromatic carbocycles. The molecule has 3 rings (SSSR count). The number of ether oxygens (including phenoxy) is 1. The first-order valence-corrected chi connectivity index (χ1v) is 6.96. The SMILES string of the molecule is CC1(COC(=O)c2ccc(-n3ccnn3)cc2)CNC(=O)C1. The summed E-state index contributed by atoms with van der Waals surface area (Å²) in [4.78, 5) is 23.3. The summed E-state index contributed by atoms with van der Waals surface area (Å²) in [7, 11) is 0. The van der Waals surface area contributed by atoms with Crippen LogP contribution in [0.3, 0.4) is 0 Å². The number of carbonyl (C=O) groups is 2. The molecule has 2 aromatic rings. The summed E-state index contributed by atoms with van der Waals surface area (Å²) in [6.07, 6.45) is 3.68. The summed E-state index contributed by atoms with van der Waals surface area (Å²) >= 11 is 0. The van der Waals surface area contributed by atoms with E-state index in [2.05, 4.69) is 15.6 Å². The molecule has 1 N–H and O–H groups in total. The second-order valence-corrected chi connectivity index (χ2v) is 5.73. The van der Waals surface area contributed by atoms with Crippen molar-refractivity contribution < 1.29 is 14.3 Å². The van der Waals surface area contributed by atoms with Crippen LogP contribution >= 0.6 is 0 Å². The number of hydrogen-bond acceptors (Lipinski definition) is 5. The van der Waals surface area contributed by atoms with Gasteiger partial charge in [-0.05, 0) is 24.3 Å². The second-order valence-electron chi connectivity index (χ2n) is 5.73. The Kier molecular flexibility index (Phi) is 3.62. The van der Waals surface area contributed by atoms with Crippen molar-refractivity contribution in [1.29, 1.82) is 0 Å². The Morgan fingerprint density at radius 2 is 2.18 bits per heavy atom. The van der Waals surface area contributed by atoms with E-state index in [4.69, 9.17) is 4.74 Å². The number of esters is 1. The quantitative estimate of drug-likeness (QED) is 0.850. The summed E-state index contributed by atoms with van der Waals surface area (Å²) < 4.78 is 6.93. The molecule has 1 aliphatic heterocycles. The Labute approximate surface area is 127 Å². The molecule has 0 saturated carbocycles. The van der Waals surface area contributed by atoms with Gasteiger partial charge in [0.15, 0.2) is 0 Å². The highest BCUT2D eigenvalue weighted by atomic mass is 16.5. The molecule has 1 saturated heterocycles. The fraction of sp³-hybridized carbons (Fsp3) is 0.333. The van der Waals surface area contributed by atoms with Crippen LogP contribution in [0.5, 0.6) is 0 Å². The lowest BCUT2D eigenvalue weighted by Gasteiger charge is -2.20. The molecule has 0 spiro atoms. The van der Waals surface area contributed by atoms with Gasteiger partial charge in [-0.15, -0.1) is 5.10 Å². The van der Waals surface area contributed by atoms with Gasteiger partial charge in [0.1, 0.15) is 0 Å². The van der Waals surface area contributed by atoms with Crippen LogP contribution in [0, 0.1) is 5.41 Å². The average molecular weight is 300 g/mol. The smallest absolute Gasteiger partial charge is 0.338 e. The molecule has 114 valence electrons. The standard InChI is InChI=1S/C15H16N4O3/c1-15(8-13(20)16-9-15)10-22-14(21)11-2-4-12(5-3-11)19-7-6-17-18-19/h2-7H,8-10H2,1H3,(H,16,20). The lowest BCUT2D eigenvalue weighted by atomic mass is 9.91. The van der Waals surface area contributed by atoms with Crippen molar-refractivity contribution in [3.63, 3.8) is 0 Å². The lowest BCUT2D eigenvalue weighted by molar-refractivity contribution is -0.119. The Hall–Kier alpha value is -2.70. The van der Waals surface area contributed by atoms with Crippen molar-refractivity contribution in [2.24, 2.45) is 5.41 Å². The van der Waals surface area contributed by atoms with Gasteiger partial charge in [0.25, 0.3) is 0 Å². The summed E-state index contributed by atoms with van der Waals surface area (Å²) in [5.41, 5.74) is 0.948. The minimum absolute atomic E-state index is 0.00395. The average Bonchev–Trinajstić information content (AvgIpc) is 3.16. The van der Waals surface area contributed by atoms with Crippen molar-refractivity contribution >= 4 is 11.9 Å². The van der Waals surface area contributed by atoms with Gasteiger partial charge < -0.3 is 10.1 Å². The molecule has 1 atom stereocenters. The van der Waals surface area contributed by atoms with Crippen LogP contribution in [-0.2, 0) is 9.53 Å². The van der Waals surface area contributed by atoms with E-state index in [-0.39, 0.29) is 17.9 Å². The maximum absolute atomic E-state index is 12.1. The molecule has 0 radical (unpaired) electrons. The van der Waals surface area contributed by atoms with Gasteiger partial charge in [0.2, 0.25) is 5.91 Å². The molecule has 0 aliphatic carbocycles. The number of nitrogens with zero attached hydrogens (tertiary/aromatic N) is 3. The summed E-state index contributed by atoms with van der Waals surface area (Å²) in [5.74, 6) is -0.401. The van der Waals surface area contributed by atoms with Gasteiger partial charge in [-0.25, -0.2) is 9.48 Å². The molecular weight excluding hydrogens is 284 g/mol. The van der Waals surface area contributed by atoms with Crippen LogP contribution in [0.2, 0.25) is 0 Å². The first kappa shape index (κ1) is 14.2. The van der Waals surface area contributed by atoms with E-state index in [0.717, 1.165) is 5.69 Å².